The minimum atomic E-state index is -4.65. The van der Waals surface area contributed by atoms with Crippen molar-refractivity contribution in [2.75, 3.05) is 85.9 Å². The van der Waals surface area contributed by atoms with Crippen molar-refractivity contribution in [3.63, 3.8) is 0 Å². The van der Waals surface area contributed by atoms with Gasteiger partial charge in [0, 0.05) is 89.4 Å². The summed E-state index contributed by atoms with van der Waals surface area (Å²) < 4.78 is 167. The number of carbonyl (C=O) groups excluding carboxylic acids is 2. The molecule has 0 spiro atoms. The highest BCUT2D eigenvalue weighted by Gasteiger charge is 2.50. The molecule has 0 aliphatic carbocycles. The fourth-order valence-corrected chi connectivity index (χ4v) is 11.0. The number of amides is 2. The summed E-state index contributed by atoms with van der Waals surface area (Å²) in [6, 6.07) is 0. The Morgan fingerprint density at radius 3 is 1.16 bits per heavy atom. The van der Waals surface area contributed by atoms with Gasteiger partial charge in [0.05, 0.1) is 23.0 Å². The first-order valence-corrected chi connectivity index (χ1v) is 24.7. The van der Waals surface area contributed by atoms with Gasteiger partial charge in [-0.2, -0.15) is 52.7 Å². The topological polar surface area (TPSA) is 158 Å². The standard InChI is InChI=1S/2C23H27F6N7O/c2*24-22(25,26)15-11-17(37)33-19-18(15)21(31-13-30-19)35-7-3-14(4-8-35)20-32-16(23(27,28)29)12-36(20)10-9-34-5-1-2-6-34/h2*12-15H,1-11H2,(H,30,31,33,37)/t15-;/m1./s1. The van der Waals surface area contributed by atoms with E-state index >= 15 is 0 Å². The van der Waals surface area contributed by atoms with E-state index in [4.69, 9.17) is 0 Å². The minimum absolute atomic E-state index is 0.0964. The molecule has 0 saturated carbocycles. The molecular formula is C46H54F12N14O2. The van der Waals surface area contributed by atoms with Crippen molar-refractivity contribution in [2.45, 2.75) is 126 Å². The normalized spacial score (nSPS) is 21.8. The van der Waals surface area contributed by atoms with Gasteiger partial charge in [-0.1, -0.05) is 0 Å². The lowest BCUT2D eigenvalue weighted by molar-refractivity contribution is -0.157. The molecule has 6 aliphatic rings. The molecule has 6 aliphatic heterocycles. The van der Waals surface area contributed by atoms with Gasteiger partial charge in [0.1, 0.15) is 47.6 Å². The van der Waals surface area contributed by atoms with Gasteiger partial charge in [-0.05, 0) is 77.5 Å². The van der Waals surface area contributed by atoms with Crippen LogP contribution in [0.1, 0.15) is 122 Å². The van der Waals surface area contributed by atoms with Crippen LogP contribution in [-0.2, 0) is 35.0 Å². The van der Waals surface area contributed by atoms with Crippen LogP contribution < -0.4 is 20.4 Å². The SMILES string of the molecule is O=C1CC(C(F)(F)F)c2c(ncnc2N2CCC(c3nc(C(F)(F)F)cn3CCN3CCCC3)CC2)N1.O=C1C[C@@H](C(F)(F)F)c2c(ncnc2N2CCC(c3nc(C(F)(F)F)cn3CCN3CCCC3)CC2)N1. The van der Waals surface area contributed by atoms with E-state index in [1.165, 1.54) is 0 Å². The van der Waals surface area contributed by atoms with Crippen LogP contribution in [0.25, 0.3) is 0 Å². The van der Waals surface area contributed by atoms with Gasteiger partial charge in [0.25, 0.3) is 0 Å². The number of alkyl halides is 12. The predicted octanol–water partition coefficient (Wildman–Crippen LogP) is 8.32. The van der Waals surface area contributed by atoms with Gasteiger partial charge in [-0.25, -0.2) is 29.9 Å². The van der Waals surface area contributed by atoms with Gasteiger partial charge >= 0.3 is 24.7 Å². The highest BCUT2D eigenvalue weighted by molar-refractivity contribution is 5.95. The van der Waals surface area contributed by atoms with Crippen LogP contribution in [0.5, 0.6) is 0 Å². The predicted molar refractivity (Wildman–Crippen MR) is 242 cm³/mol. The molecule has 10 heterocycles. The van der Waals surface area contributed by atoms with Crippen LogP contribution in [0.3, 0.4) is 0 Å². The van der Waals surface area contributed by atoms with Gasteiger partial charge < -0.3 is 39.4 Å². The van der Waals surface area contributed by atoms with E-state index in [9.17, 15) is 62.3 Å². The molecule has 2 N–H and O–H groups in total. The van der Waals surface area contributed by atoms with Crippen LogP contribution in [0.2, 0.25) is 0 Å². The average Bonchev–Trinajstić information content (AvgIpc) is 4.20. The summed E-state index contributed by atoms with van der Waals surface area (Å²) in [6.45, 7) is 6.91. The quantitative estimate of drug-likeness (QED) is 0.147. The summed E-state index contributed by atoms with van der Waals surface area (Å²) in [5.41, 5.74) is -2.20. The number of imidazole rings is 2. The Hall–Kier alpha value is -5.80. The lowest BCUT2D eigenvalue weighted by Gasteiger charge is -2.36. The van der Waals surface area contributed by atoms with Gasteiger partial charge in [0.15, 0.2) is 11.4 Å². The van der Waals surface area contributed by atoms with Crippen LogP contribution >= 0.6 is 0 Å². The zero-order valence-corrected chi connectivity index (χ0v) is 39.9. The lowest BCUT2D eigenvalue weighted by atomic mass is 9.90. The Morgan fingerprint density at radius 2 is 0.838 bits per heavy atom. The molecule has 404 valence electrons. The summed E-state index contributed by atoms with van der Waals surface area (Å²) in [6.07, 6.45) is -9.66. The third kappa shape index (κ3) is 11.8. The molecule has 1 unspecified atom stereocenters. The van der Waals surface area contributed by atoms with Crippen molar-refractivity contribution >= 4 is 35.1 Å². The van der Waals surface area contributed by atoms with E-state index in [1.54, 1.807) is 18.9 Å². The van der Waals surface area contributed by atoms with E-state index in [-0.39, 0.29) is 72.4 Å². The molecule has 4 fully saturated rings. The monoisotopic (exact) mass is 1060 g/mol. The number of nitrogens with zero attached hydrogens (tertiary/aromatic N) is 12. The Kier molecular flexibility index (Phi) is 15.1. The summed E-state index contributed by atoms with van der Waals surface area (Å²) >= 11 is 0. The Bertz CT molecular complexity index is 2440. The molecule has 4 aromatic heterocycles. The molecule has 2 amide bonds. The Balaban J connectivity index is 0.000000182. The van der Waals surface area contributed by atoms with Crippen LogP contribution in [0, 0.1) is 0 Å². The van der Waals surface area contributed by atoms with Crippen LogP contribution in [-0.4, -0.2) is 138 Å². The van der Waals surface area contributed by atoms with Crippen molar-refractivity contribution in [1.82, 2.24) is 48.8 Å². The number of hydrogen-bond acceptors (Lipinski definition) is 12. The van der Waals surface area contributed by atoms with Gasteiger partial charge in [-0.15, -0.1) is 0 Å². The molecule has 4 saturated heterocycles. The third-order valence-electron chi connectivity index (χ3n) is 14.7. The van der Waals surface area contributed by atoms with Gasteiger partial charge in [-0.3, -0.25) is 9.59 Å². The molecule has 4 aromatic rings. The lowest BCUT2D eigenvalue weighted by Crippen LogP contribution is -2.38. The number of aromatic nitrogens is 8. The Morgan fingerprint density at radius 1 is 0.486 bits per heavy atom. The zero-order valence-electron chi connectivity index (χ0n) is 39.9. The van der Waals surface area contributed by atoms with E-state index in [0.717, 1.165) is 76.9 Å². The zero-order chi connectivity index (χ0) is 52.7. The van der Waals surface area contributed by atoms with Crippen LogP contribution in [0.4, 0.5) is 76.0 Å². The van der Waals surface area contributed by atoms with Crippen molar-refractivity contribution in [1.29, 1.82) is 0 Å². The molecule has 74 heavy (non-hydrogen) atoms. The first-order valence-electron chi connectivity index (χ1n) is 24.7. The number of anilines is 4. The molecule has 0 aromatic carbocycles. The Labute approximate surface area is 416 Å². The van der Waals surface area contributed by atoms with E-state index in [0.29, 0.717) is 63.5 Å². The number of hydrogen-bond donors (Lipinski definition) is 2. The summed E-state index contributed by atoms with van der Waals surface area (Å²) in [5.74, 6) is -5.53. The maximum Gasteiger partial charge on any atom is 0.434 e. The fourth-order valence-electron chi connectivity index (χ4n) is 11.0. The number of nitrogens with one attached hydrogen (secondary N) is 2. The second kappa shape index (κ2) is 21.1. The second-order valence-electron chi connectivity index (χ2n) is 19.6. The number of likely N-dealkylation sites (tertiary alicyclic amines) is 2. The molecular weight excluding hydrogens is 1010 g/mol. The summed E-state index contributed by atoms with van der Waals surface area (Å²) in [7, 11) is 0. The van der Waals surface area contributed by atoms with E-state index in [1.807, 2.05) is 0 Å². The molecule has 16 nitrogen and oxygen atoms in total. The van der Waals surface area contributed by atoms with Crippen molar-refractivity contribution in [3.05, 3.63) is 59.2 Å². The number of fused-ring (bicyclic) bond motifs is 2. The van der Waals surface area contributed by atoms with Crippen LogP contribution in [0.15, 0.2) is 25.0 Å². The highest BCUT2D eigenvalue weighted by atomic mass is 19.4. The number of piperidine rings is 2. The highest BCUT2D eigenvalue weighted by Crippen LogP contribution is 2.48. The van der Waals surface area contributed by atoms with E-state index in [2.05, 4.69) is 50.3 Å². The van der Waals surface area contributed by atoms with E-state index < -0.39 is 72.6 Å². The maximum absolute atomic E-state index is 13.8. The van der Waals surface area contributed by atoms with Gasteiger partial charge in [0.2, 0.25) is 11.8 Å². The average molecular weight is 1060 g/mol. The number of halogens is 12. The summed E-state index contributed by atoms with van der Waals surface area (Å²) in [5, 5.41) is 4.79. The molecule has 28 heteroatoms. The molecule has 2 atom stereocenters. The van der Waals surface area contributed by atoms with Crippen molar-refractivity contribution < 1.29 is 62.3 Å². The molecule has 0 radical (unpaired) electrons. The largest absolute Gasteiger partial charge is 0.434 e. The fraction of sp³-hybridized carbons (Fsp3) is 0.652. The smallest absolute Gasteiger partial charge is 0.356 e. The van der Waals surface area contributed by atoms with Crippen molar-refractivity contribution in [2.24, 2.45) is 0 Å². The number of rotatable bonds is 10. The third-order valence-corrected chi connectivity index (χ3v) is 14.7. The second-order valence-corrected chi connectivity index (χ2v) is 19.6. The molecule has 0 bridgehead atoms. The minimum Gasteiger partial charge on any atom is -0.356 e. The first-order chi connectivity index (χ1) is 35.0. The number of carbonyl (C=O) groups is 2. The summed E-state index contributed by atoms with van der Waals surface area (Å²) in [4.78, 5) is 55.3. The van der Waals surface area contributed by atoms with Crippen molar-refractivity contribution in [3.8, 4) is 0 Å². The molecule has 10 rings (SSSR count). The first kappa shape index (κ1) is 53.0. The maximum atomic E-state index is 13.8.